The fourth-order valence-electron chi connectivity index (χ4n) is 1.69. The van der Waals surface area contributed by atoms with E-state index in [4.69, 9.17) is 5.11 Å². The Morgan fingerprint density at radius 2 is 1.90 bits per heavy atom. The zero-order chi connectivity index (χ0) is 15.0. The van der Waals surface area contributed by atoms with Gasteiger partial charge in [-0.2, -0.15) is 0 Å². The molecule has 0 radical (unpaired) electrons. The van der Waals surface area contributed by atoms with Gasteiger partial charge in [0.15, 0.2) is 0 Å². The maximum absolute atomic E-state index is 11.8. The third-order valence-electron chi connectivity index (χ3n) is 2.68. The van der Waals surface area contributed by atoms with Crippen LogP contribution in [0.4, 0.5) is 0 Å². The second-order valence-corrected chi connectivity index (χ2v) is 4.24. The molecule has 0 aliphatic carbocycles. The van der Waals surface area contributed by atoms with Crippen LogP contribution in [0.5, 0.6) is 0 Å². The fraction of sp³-hybridized carbons (Fsp3) is 0.357. The Labute approximate surface area is 116 Å². The molecule has 1 amide bonds. The number of nitrogens with one attached hydrogen (secondary N) is 1. The molecule has 0 aliphatic rings. The van der Waals surface area contributed by atoms with Crippen LogP contribution in [0, 0.1) is 0 Å². The smallest absolute Gasteiger partial charge is 0.328 e. The standard InChI is InChI=1S/C14H17NO5/c1-20-14(19)11(7-8-13(17)18)15-12(16)9-10-5-3-2-4-6-10/h2-6,11H,7-9H2,1H3,(H,15,16)(H,17,18)/t11-/m0/s1. The summed E-state index contributed by atoms with van der Waals surface area (Å²) in [6, 6.07) is 8.11. The molecule has 20 heavy (non-hydrogen) atoms. The molecular formula is C14H17NO5. The third-order valence-corrected chi connectivity index (χ3v) is 2.68. The maximum Gasteiger partial charge on any atom is 0.328 e. The molecule has 0 heterocycles. The van der Waals surface area contributed by atoms with Gasteiger partial charge in [-0.05, 0) is 12.0 Å². The molecule has 1 rings (SSSR count). The van der Waals surface area contributed by atoms with Gasteiger partial charge in [0.2, 0.25) is 5.91 Å². The normalized spacial score (nSPS) is 11.4. The Bertz CT molecular complexity index is 472. The number of carbonyl (C=O) groups is 3. The number of esters is 1. The van der Waals surface area contributed by atoms with Gasteiger partial charge in [0.1, 0.15) is 6.04 Å². The summed E-state index contributed by atoms with van der Waals surface area (Å²) in [4.78, 5) is 33.8. The highest BCUT2D eigenvalue weighted by molar-refractivity contribution is 5.85. The molecule has 0 unspecified atom stereocenters. The van der Waals surface area contributed by atoms with Crippen molar-refractivity contribution < 1.29 is 24.2 Å². The third kappa shape index (κ3) is 5.51. The van der Waals surface area contributed by atoms with Crippen LogP contribution in [0.1, 0.15) is 18.4 Å². The van der Waals surface area contributed by atoms with Crippen molar-refractivity contribution >= 4 is 17.8 Å². The van der Waals surface area contributed by atoms with Gasteiger partial charge in [0.05, 0.1) is 13.5 Å². The molecule has 0 aliphatic heterocycles. The summed E-state index contributed by atoms with van der Waals surface area (Å²) >= 11 is 0. The van der Waals surface area contributed by atoms with Gasteiger partial charge in [-0.25, -0.2) is 4.79 Å². The number of hydrogen-bond donors (Lipinski definition) is 2. The second kappa shape index (κ2) is 7.93. The summed E-state index contributed by atoms with van der Waals surface area (Å²) in [5.41, 5.74) is 0.812. The Morgan fingerprint density at radius 3 is 2.45 bits per heavy atom. The van der Waals surface area contributed by atoms with E-state index < -0.39 is 18.0 Å². The molecule has 0 saturated heterocycles. The predicted octanol–water partition coefficient (Wildman–Crippen LogP) is 0.752. The zero-order valence-corrected chi connectivity index (χ0v) is 11.2. The van der Waals surface area contributed by atoms with Crippen LogP contribution < -0.4 is 5.32 Å². The van der Waals surface area contributed by atoms with Crippen molar-refractivity contribution in [2.24, 2.45) is 0 Å². The topological polar surface area (TPSA) is 92.7 Å². The minimum atomic E-state index is -1.03. The Hall–Kier alpha value is -2.37. The summed E-state index contributed by atoms with van der Waals surface area (Å²) < 4.78 is 4.55. The van der Waals surface area contributed by atoms with E-state index >= 15 is 0 Å². The summed E-state index contributed by atoms with van der Waals surface area (Å²) in [5.74, 6) is -2.03. The molecule has 6 heteroatoms. The fourth-order valence-corrected chi connectivity index (χ4v) is 1.69. The number of hydrogen-bond acceptors (Lipinski definition) is 4. The predicted molar refractivity (Wildman–Crippen MR) is 71.0 cm³/mol. The molecule has 1 atom stereocenters. The summed E-state index contributed by atoms with van der Waals surface area (Å²) in [7, 11) is 1.19. The number of carbonyl (C=O) groups excluding carboxylic acids is 2. The number of aliphatic carboxylic acids is 1. The van der Waals surface area contributed by atoms with E-state index in [-0.39, 0.29) is 25.2 Å². The summed E-state index contributed by atoms with van der Waals surface area (Å²) in [6.45, 7) is 0. The lowest BCUT2D eigenvalue weighted by atomic mass is 10.1. The van der Waals surface area contributed by atoms with Gasteiger partial charge in [-0.15, -0.1) is 0 Å². The summed E-state index contributed by atoms with van der Waals surface area (Å²) in [5, 5.41) is 11.1. The number of amides is 1. The van der Waals surface area contributed by atoms with Gasteiger partial charge in [0.25, 0.3) is 0 Å². The first-order valence-electron chi connectivity index (χ1n) is 6.16. The molecule has 0 saturated carbocycles. The quantitative estimate of drug-likeness (QED) is 0.718. The molecule has 0 spiro atoms. The number of rotatable bonds is 7. The van der Waals surface area contributed by atoms with Crippen molar-refractivity contribution in [1.82, 2.24) is 5.32 Å². The van der Waals surface area contributed by atoms with Crippen LogP contribution in [-0.4, -0.2) is 36.1 Å². The van der Waals surface area contributed by atoms with E-state index in [1.807, 2.05) is 18.2 Å². The number of benzene rings is 1. The minimum absolute atomic E-state index is 0.00252. The van der Waals surface area contributed by atoms with Crippen molar-refractivity contribution in [3.05, 3.63) is 35.9 Å². The lowest BCUT2D eigenvalue weighted by Gasteiger charge is -2.15. The number of ether oxygens (including phenoxy) is 1. The number of methoxy groups -OCH3 is 1. The molecule has 1 aromatic carbocycles. The molecule has 0 aromatic heterocycles. The van der Waals surface area contributed by atoms with E-state index in [9.17, 15) is 14.4 Å². The van der Waals surface area contributed by atoms with Crippen molar-refractivity contribution in [2.75, 3.05) is 7.11 Å². The molecule has 1 aromatic rings. The SMILES string of the molecule is COC(=O)[C@H](CCC(=O)O)NC(=O)Cc1ccccc1. The van der Waals surface area contributed by atoms with Crippen LogP contribution in [-0.2, 0) is 25.5 Å². The molecule has 2 N–H and O–H groups in total. The molecule has 108 valence electrons. The molecule has 0 bridgehead atoms. The van der Waals surface area contributed by atoms with Crippen LogP contribution in [0.25, 0.3) is 0 Å². The highest BCUT2D eigenvalue weighted by Gasteiger charge is 2.22. The van der Waals surface area contributed by atoms with E-state index in [2.05, 4.69) is 10.1 Å². The Morgan fingerprint density at radius 1 is 1.25 bits per heavy atom. The average molecular weight is 279 g/mol. The largest absolute Gasteiger partial charge is 0.481 e. The second-order valence-electron chi connectivity index (χ2n) is 4.24. The van der Waals surface area contributed by atoms with E-state index in [1.165, 1.54) is 7.11 Å². The zero-order valence-electron chi connectivity index (χ0n) is 11.2. The first-order valence-corrected chi connectivity index (χ1v) is 6.16. The van der Waals surface area contributed by atoms with Crippen LogP contribution in [0.2, 0.25) is 0 Å². The summed E-state index contributed by atoms with van der Waals surface area (Å²) in [6.07, 6.45) is -0.0880. The van der Waals surface area contributed by atoms with Crippen LogP contribution in [0.3, 0.4) is 0 Å². The lowest BCUT2D eigenvalue weighted by Crippen LogP contribution is -2.42. The van der Waals surface area contributed by atoms with Gasteiger partial charge in [-0.1, -0.05) is 30.3 Å². The van der Waals surface area contributed by atoms with Gasteiger partial charge in [0, 0.05) is 6.42 Å². The van der Waals surface area contributed by atoms with Crippen molar-refractivity contribution in [3.63, 3.8) is 0 Å². The molecular weight excluding hydrogens is 262 g/mol. The van der Waals surface area contributed by atoms with Crippen molar-refractivity contribution in [1.29, 1.82) is 0 Å². The highest BCUT2D eigenvalue weighted by Crippen LogP contribution is 2.03. The lowest BCUT2D eigenvalue weighted by molar-refractivity contribution is -0.145. The first-order chi connectivity index (χ1) is 9.52. The van der Waals surface area contributed by atoms with Gasteiger partial charge < -0.3 is 15.2 Å². The average Bonchev–Trinajstić information content (AvgIpc) is 2.43. The van der Waals surface area contributed by atoms with E-state index in [0.29, 0.717) is 0 Å². The maximum atomic E-state index is 11.8. The number of carboxylic acids is 1. The van der Waals surface area contributed by atoms with E-state index in [1.54, 1.807) is 12.1 Å². The first kappa shape index (κ1) is 15.7. The Kier molecular flexibility index (Phi) is 6.22. The van der Waals surface area contributed by atoms with Crippen molar-refractivity contribution in [2.45, 2.75) is 25.3 Å². The van der Waals surface area contributed by atoms with Crippen LogP contribution >= 0.6 is 0 Å². The van der Waals surface area contributed by atoms with Gasteiger partial charge in [-0.3, -0.25) is 9.59 Å². The number of carboxylic acid groups (broad SMARTS) is 1. The van der Waals surface area contributed by atoms with E-state index in [0.717, 1.165) is 5.56 Å². The van der Waals surface area contributed by atoms with Crippen LogP contribution in [0.15, 0.2) is 30.3 Å². The van der Waals surface area contributed by atoms with Crippen molar-refractivity contribution in [3.8, 4) is 0 Å². The monoisotopic (exact) mass is 279 g/mol. The van der Waals surface area contributed by atoms with Gasteiger partial charge >= 0.3 is 11.9 Å². The molecule has 0 fully saturated rings. The Balaban J connectivity index is 2.57. The minimum Gasteiger partial charge on any atom is -0.481 e. The molecule has 6 nitrogen and oxygen atoms in total. The highest BCUT2D eigenvalue weighted by atomic mass is 16.5.